The fourth-order valence-corrected chi connectivity index (χ4v) is 3.49. The predicted molar refractivity (Wildman–Crippen MR) is 107 cm³/mol. The van der Waals surface area contributed by atoms with Crippen LogP contribution < -0.4 is 14.8 Å². The molecule has 29 heavy (non-hydrogen) atoms. The molecule has 2 atom stereocenters. The number of rotatable bonds is 8. The highest BCUT2D eigenvalue weighted by Crippen LogP contribution is 2.32. The number of amides is 1. The summed E-state index contributed by atoms with van der Waals surface area (Å²) in [4.78, 5) is 24.3. The van der Waals surface area contributed by atoms with Crippen molar-refractivity contribution in [2.45, 2.75) is 24.8 Å². The van der Waals surface area contributed by atoms with E-state index in [4.69, 9.17) is 14.2 Å². The van der Waals surface area contributed by atoms with Crippen LogP contribution in [-0.2, 0) is 9.53 Å². The molecule has 7 nitrogen and oxygen atoms in total. The molecule has 0 spiro atoms. The largest absolute Gasteiger partial charge is 0.497 e. The Kier molecular flexibility index (Phi) is 6.72. The number of methoxy groups -OCH3 is 2. The van der Waals surface area contributed by atoms with Gasteiger partial charge in [-0.15, -0.1) is 0 Å². The fraction of sp³-hybridized carbons (Fsp3) is 0.364. The Morgan fingerprint density at radius 2 is 2.03 bits per heavy atom. The van der Waals surface area contributed by atoms with E-state index in [1.165, 1.54) is 14.2 Å². The van der Waals surface area contributed by atoms with Crippen LogP contribution in [0.15, 0.2) is 42.5 Å². The van der Waals surface area contributed by atoms with Gasteiger partial charge in [0, 0.05) is 29.7 Å². The lowest BCUT2D eigenvalue weighted by atomic mass is 9.96. The molecule has 0 aliphatic carbocycles. The standard InChI is InChI=1S/C22H25NO6/c1-27-17-6-7-18(20(11-17)28-2)19(12-21(24)25)23-22(26)15-5-3-4-14(10-15)16-8-9-29-13-16/h3-7,10-11,16,19H,8-9,12-13H2,1-2H3,(H,23,26)(H,24,25). The van der Waals surface area contributed by atoms with Crippen LogP contribution in [-0.4, -0.2) is 44.4 Å². The summed E-state index contributed by atoms with van der Waals surface area (Å²) >= 11 is 0. The summed E-state index contributed by atoms with van der Waals surface area (Å²) in [6, 6.07) is 11.7. The lowest BCUT2D eigenvalue weighted by Gasteiger charge is -2.21. The molecule has 3 rings (SSSR count). The Hall–Kier alpha value is -3.06. The molecule has 1 amide bonds. The summed E-state index contributed by atoms with van der Waals surface area (Å²) in [5, 5.41) is 12.2. The van der Waals surface area contributed by atoms with Crippen LogP contribution in [0.5, 0.6) is 11.5 Å². The fourth-order valence-electron chi connectivity index (χ4n) is 3.49. The molecule has 1 heterocycles. The van der Waals surface area contributed by atoms with Crippen molar-refractivity contribution in [2.24, 2.45) is 0 Å². The Bertz CT molecular complexity index is 875. The van der Waals surface area contributed by atoms with Crippen LogP contribution in [0.3, 0.4) is 0 Å². The molecule has 1 saturated heterocycles. The first kappa shape index (κ1) is 20.7. The van der Waals surface area contributed by atoms with Crippen LogP contribution in [0, 0.1) is 0 Å². The number of nitrogens with one attached hydrogen (secondary N) is 1. The molecule has 0 saturated carbocycles. The Morgan fingerprint density at radius 1 is 1.21 bits per heavy atom. The number of aliphatic carboxylic acids is 1. The highest BCUT2D eigenvalue weighted by Gasteiger charge is 2.24. The molecule has 0 aromatic heterocycles. The maximum Gasteiger partial charge on any atom is 0.305 e. The number of carbonyl (C=O) groups excluding carboxylic acids is 1. The first-order valence-electron chi connectivity index (χ1n) is 9.44. The van der Waals surface area contributed by atoms with E-state index in [-0.39, 0.29) is 18.2 Å². The number of carbonyl (C=O) groups is 2. The molecule has 1 fully saturated rings. The van der Waals surface area contributed by atoms with Gasteiger partial charge in [0.25, 0.3) is 5.91 Å². The molecule has 0 radical (unpaired) electrons. The smallest absolute Gasteiger partial charge is 0.305 e. The highest BCUT2D eigenvalue weighted by molar-refractivity contribution is 5.95. The third kappa shape index (κ3) is 5.06. The molecule has 2 aromatic carbocycles. The van der Waals surface area contributed by atoms with Crippen molar-refractivity contribution >= 4 is 11.9 Å². The molecular weight excluding hydrogens is 374 g/mol. The molecule has 1 aliphatic heterocycles. The molecule has 154 valence electrons. The number of carboxylic acids is 1. The van der Waals surface area contributed by atoms with Crippen molar-refractivity contribution in [1.82, 2.24) is 5.32 Å². The molecule has 2 unspecified atom stereocenters. The Morgan fingerprint density at radius 3 is 2.69 bits per heavy atom. The van der Waals surface area contributed by atoms with Gasteiger partial charge in [0.15, 0.2) is 0 Å². The van der Waals surface area contributed by atoms with Crippen molar-refractivity contribution in [2.75, 3.05) is 27.4 Å². The summed E-state index contributed by atoms with van der Waals surface area (Å²) in [5.74, 6) is -0.0515. The van der Waals surface area contributed by atoms with Crippen LogP contribution in [0.2, 0.25) is 0 Å². The van der Waals surface area contributed by atoms with E-state index >= 15 is 0 Å². The second-order valence-corrected chi connectivity index (χ2v) is 6.92. The van der Waals surface area contributed by atoms with E-state index in [9.17, 15) is 14.7 Å². The van der Waals surface area contributed by atoms with E-state index in [1.54, 1.807) is 24.3 Å². The van der Waals surface area contributed by atoms with Gasteiger partial charge in [-0.05, 0) is 36.2 Å². The van der Waals surface area contributed by atoms with Crippen LogP contribution in [0.1, 0.15) is 46.3 Å². The number of hydrogen-bond donors (Lipinski definition) is 2. The topological polar surface area (TPSA) is 94.1 Å². The first-order valence-corrected chi connectivity index (χ1v) is 9.44. The molecular formula is C22H25NO6. The van der Waals surface area contributed by atoms with Gasteiger partial charge in [-0.1, -0.05) is 12.1 Å². The maximum absolute atomic E-state index is 12.9. The van der Waals surface area contributed by atoms with Crippen molar-refractivity contribution in [1.29, 1.82) is 0 Å². The molecule has 0 bridgehead atoms. The number of hydrogen-bond acceptors (Lipinski definition) is 5. The highest BCUT2D eigenvalue weighted by atomic mass is 16.5. The zero-order chi connectivity index (χ0) is 20.8. The molecule has 2 aromatic rings. The monoisotopic (exact) mass is 399 g/mol. The van der Waals surface area contributed by atoms with Gasteiger partial charge in [-0.25, -0.2) is 0 Å². The van der Waals surface area contributed by atoms with Crippen LogP contribution in [0.4, 0.5) is 0 Å². The van der Waals surface area contributed by atoms with E-state index in [2.05, 4.69) is 5.32 Å². The van der Waals surface area contributed by atoms with Crippen molar-refractivity contribution in [3.63, 3.8) is 0 Å². The molecule has 7 heteroatoms. The number of carboxylic acid groups (broad SMARTS) is 1. The summed E-state index contributed by atoms with van der Waals surface area (Å²) in [5.41, 5.74) is 2.11. The SMILES string of the molecule is COc1ccc(C(CC(=O)O)NC(=O)c2cccc(C3CCOC3)c2)c(OC)c1. The quantitative estimate of drug-likeness (QED) is 0.708. The minimum Gasteiger partial charge on any atom is -0.497 e. The van der Waals surface area contributed by atoms with Gasteiger partial charge < -0.3 is 24.6 Å². The normalized spacial score (nSPS) is 16.8. The van der Waals surface area contributed by atoms with Gasteiger partial charge >= 0.3 is 5.97 Å². The van der Waals surface area contributed by atoms with Gasteiger partial charge in [-0.3, -0.25) is 9.59 Å². The van der Waals surface area contributed by atoms with Crippen molar-refractivity contribution in [3.05, 3.63) is 59.2 Å². The molecule has 2 N–H and O–H groups in total. The molecule has 1 aliphatic rings. The average molecular weight is 399 g/mol. The maximum atomic E-state index is 12.9. The summed E-state index contributed by atoms with van der Waals surface area (Å²) in [6.07, 6.45) is 0.653. The van der Waals surface area contributed by atoms with Gasteiger partial charge in [0.1, 0.15) is 11.5 Å². The number of benzene rings is 2. The van der Waals surface area contributed by atoms with Crippen LogP contribution in [0.25, 0.3) is 0 Å². The summed E-state index contributed by atoms with van der Waals surface area (Å²) in [7, 11) is 3.03. The van der Waals surface area contributed by atoms with E-state index < -0.39 is 12.0 Å². The average Bonchev–Trinajstić information content (AvgIpc) is 3.27. The van der Waals surface area contributed by atoms with Crippen molar-refractivity contribution in [3.8, 4) is 11.5 Å². The van der Waals surface area contributed by atoms with Crippen LogP contribution >= 0.6 is 0 Å². The Balaban J connectivity index is 1.84. The zero-order valence-corrected chi connectivity index (χ0v) is 16.5. The minimum atomic E-state index is -1.02. The number of ether oxygens (including phenoxy) is 3. The third-order valence-electron chi connectivity index (χ3n) is 5.05. The summed E-state index contributed by atoms with van der Waals surface area (Å²) in [6.45, 7) is 1.37. The zero-order valence-electron chi connectivity index (χ0n) is 16.5. The second kappa shape index (κ2) is 9.43. The van der Waals surface area contributed by atoms with E-state index in [0.29, 0.717) is 29.2 Å². The van der Waals surface area contributed by atoms with Gasteiger partial charge in [-0.2, -0.15) is 0 Å². The van der Waals surface area contributed by atoms with Gasteiger partial charge in [0.05, 0.1) is 33.3 Å². The van der Waals surface area contributed by atoms with Crippen molar-refractivity contribution < 1.29 is 28.9 Å². The van der Waals surface area contributed by atoms with E-state index in [0.717, 1.165) is 18.6 Å². The Labute approximate surface area is 169 Å². The second-order valence-electron chi connectivity index (χ2n) is 6.92. The third-order valence-corrected chi connectivity index (χ3v) is 5.05. The summed E-state index contributed by atoms with van der Waals surface area (Å²) < 4.78 is 16.0. The predicted octanol–water partition coefficient (Wildman–Crippen LogP) is 3.15. The lowest BCUT2D eigenvalue weighted by Crippen LogP contribution is -2.30. The first-order chi connectivity index (χ1) is 14.0. The lowest BCUT2D eigenvalue weighted by molar-refractivity contribution is -0.137. The van der Waals surface area contributed by atoms with Gasteiger partial charge in [0.2, 0.25) is 0 Å². The van der Waals surface area contributed by atoms with E-state index in [1.807, 2.05) is 18.2 Å². The minimum absolute atomic E-state index is 0.273.